The Hall–Kier alpha value is -0.610. The molecule has 0 spiro atoms. The number of hydrogen-bond acceptors (Lipinski definition) is 4. The van der Waals surface area contributed by atoms with Crippen LogP contribution in [0, 0.1) is 19.8 Å². The number of rotatable bonds is 2. The summed E-state index contributed by atoms with van der Waals surface area (Å²) in [5, 5.41) is 10.3. The molecule has 1 saturated heterocycles. The monoisotopic (exact) mass is 226 g/mol. The summed E-state index contributed by atoms with van der Waals surface area (Å²) in [5.41, 5.74) is 1.14. The van der Waals surface area contributed by atoms with Crippen molar-refractivity contribution >= 4 is 16.5 Å². The van der Waals surface area contributed by atoms with Crippen LogP contribution in [-0.4, -0.2) is 29.8 Å². The second-order valence-electron chi connectivity index (χ2n) is 4.27. The van der Waals surface area contributed by atoms with Gasteiger partial charge in [-0.15, -0.1) is 11.3 Å². The van der Waals surface area contributed by atoms with E-state index < -0.39 is 0 Å². The van der Waals surface area contributed by atoms with Crippen LogP contribution in [0.3, 0.4) is 0 Å². The highest BCUT2D eigenvalue weighted by Crippen LogP contribution is 2.28. The Kier molecular flexibility index (Phi) is 3.26. The summed E-state index contributed by atoms with van der Waals surface area (Å²) >= 11 is 1.77. The molecule has 1 atom stereocenters. The zero-order valence-corrected chi connectivity index (χ0v) is 10.2. The smallest absolute Gasteiger partial charge is 0.185 e. The molecule has 0 amide bonds. The van der Waals surface area contributed by atoms with Gasteiger partial charge in [0.25, 0.3) is 0 Å². The number of aliphatic hydroxyl groups excluding tert-OH is 1. The third-order valence-corrected chi connectivity index (χ3v) is 4.20. The number of aryl methyl sites for hydroxylation is 2. The van der Waals surface area contributed by atoms with E-state index in [1.165, 1.54) is 11.3 Å². The standard InChI is InChI=1S/C11H18N2OS/c1-8-9(2)15-11(12-8)13-5-3-4-10(6-13)7-14/h10,14H,3-7H2,1-2H3. The van der Waals surface area contributed by atoms with E-state index >= 15 is 0 Å². The van der Waals surface area contributed by atoms with Gasteiger partial charge in [0.1, 0.15) is 0 Å². The van der Waals surface area contributed by atoms with E-state index in [2.05, 4.69) is 23.7 Å². The normalized spacial score (nSPS) is 22.1. The molecule has 0 aromatic carbocycles. The largest absolute Gasteiger partial charge is 0.396 e. The van der Waals surface area contributed by atoms with Crippen LogP contribution >= 0.6 is 11.3 Å². The minimum absolute atomic E-state index is 0.305. The molecule has 1 aliphatic rings. The van der Waals surface area contributed by atoms with Gasteiger partial charge in [0, 0.05) is 24.6 Å². The molecule has 2 rings (SSSR count). The van der Waals surface area contributed by atoms with Gasteiger partial charge < -0.3 is 10.0 Å². The van der Waals surface area contributed by atoms with Crippen molar-refractivity contribution in [1.29, 1.82) is 0 Å². The third-order valence-electron chi connectivity index (χ3n) is 3.06. The molecule has 4 heteroatoms. The molecule has 1 fully saturated rings. The van der Waals surface area contributed by atoms with E-state index in [-0.39, 0.29) is 0 Å². The lowest BCUT2D eigenvalue weighted by Gasteiger charge is -2.31. The highest BCUT2D eigenvalue weighted by molar-refractivity contribution is 7.15. The van der Waals surface area contributed by atoms with E-state index in [0.29, 0.717) is 12.5 Å². The van der Waals surface area contributed by atoms with Gasteiger partial charge in [-0.25, -0.2) is 4.98 Å². The van der Waals surface area contributed by atoms with Crippen molar-refractivity contribution in [3.63, 3.8) is 0 Å². The predicted molar refractivity (Wildman–Crippen MR) is 63.6 cm³/mol. The lowest BCUT2D eigenvalue weighted by molar-refractivity contribution is 0.208. The molecule has 3 nitrogen and oxygen atoms in total. The van der Waals surface area contributed by atoms with Gasteiger partial charge in [-0.1, -0.05) is 0 Å². The topological polar surface area (TPSA) is 36.4 Å². The maximum Gasteiger partial charge on any atom is 0.185 e. The van der Waals surface area contributed by atoms with E-state index in [1.54, 1.807) is 11.3 Å². The lowest BCUT2D eigenvalue weighted by atomic mass is 10.00. The van der Waals surface area contributed by atoms with Crippen LogP contribution in [0.5, 0.6) is 0 Å². The molecule has 1 aromatic heterocycles. The fourth-order valence-electron chi connectivity index (χ4n) is 1.98. The van der Waals surface area contributed by atoms with Gasteiger partial charge in [0.15, 0.2) is 5.13 Å². The van der Waals surface area contributed by atoms with Crippen LogP contribution in [0.25, 0.3) is 0 Å². The minimum atomic E-state index is 0.305. The molecule has 1 aliphatic heterocycles. The molecule has 2 heterocycles. The van der Waals surface area contributed by atoms with Crippen molar-refractivity contribution in [2.45, 2.75) is 26.7 Å². The molecule has 1 aromatic rings. The van der Waals surface area contributed by atoms with Crippen molar-refractivity contribution in [1.82, 2.24) is 4.98 Å². The SMILES string of the molecule is Cc1nc(N2CCCC(CO)C2)sc1C. The Morgan fingerprint density at radius 2 is 2.33 bits per heavy atom. The number of aromatic nitrogens is 1. The summed E-state index contributed by atoms with van der Waals surface area (Å²) in [6.45, 7) is 6.53. The number of thiazole rings is 1. The van der Waals surface area contributed by atoms with Gasteiger partial charge in [0.2, 0.25) is 0 Å². The van der Waals surface area contributed by atoms with Gasteiger partial charge in [-0.2, -0.15) is 0 Å². The van der Waals surface area contributed by atoms with Gasteiger partial charge in [-0.05, 0) is 32.6 Å². The Bertz CT molecular complexity index is 318. The highest BCUT2D eigenvalue weighted by atomic mass is 32.1. The van der Waals surface area contributed by atoms with Crippen LogP contribution < -0.4 is 4.90 Å². The molecule has 0 saturated carbocycles. The maximum atomic E-state index is 9.17. The first-order chi connectivity index (χ1) is 7.20. The van der Waals surface area contributed by atoms with Crippen molar-refractivity contribution in [2.75, 3.05) is 24.6 Å². The van der Waals surface area contributed by atoms with Crippen LogP contribution in [0.15, 0.2) is 0 Å². The number of piperidine rings is 1. The Balaban J connectivity index is 2.09. The summed E-state index contributed by atoms with van der Waals surface area (Å²) in [6, 6.07) is 0. The molecule has 1 N–H and O–H groups in total. The first kappa shape index (κ1) is 10.9. The molecule has 0 aliphatic carbocycles. The summed E-state index contributed by atoms with van der Waals surface area (Å²) in [6.07, 6.45) is 2.32. The average molecular weight is 226 g/mol. The zero-order valence-electron chi connectivity index (χ0n) is 9.36. The van der Waals surface area contributed by atoms with E-state index in [0.717, 1.165) is 30.3 Å². The van der Waals surface area contributed by atoms with Crippen molar-refractivity contribution in [3.05, 3.63) is 10.6 Å². The molecular formula is C11H18N2OS. The third kappa shape index (κ3) is 2.32. The van der Waals surface area contributed by atoms with Gasteiger partial charge >= 0.3 is 0 Å². The van der Waals surface area contributed by atoms with E-state index in [9.17, 15) is 5.11 Å². The summed E-state index contributed by atoms with van der Waals surface area (Å²) in [5.74, 6) is 0.434. The number of hydrogen-bond donors (Lipinski definition) is 1. The van der Waals surface area contributed by atoms with E-state index in [4.69, 9.17) is 0 Å². The van der Waals surface area contributed by atoms with Crippen LogP contribution in [0.1, 0.15) is 23.4 Å². The molecule has 84 valence electrons. The van der Waals surface area contributed by atoms with Gasteiger partial charge in [0.05, 0.1) is 5.69 Å². The fourth-order valence-corrected chi connectivity index (χ4v) is 2.92. The number of aliphatic hydroxyl groups is 1. The van der Waals surface area contributed by atoms with E-state index in [1.807, 2.05) is 0 Å². The Morgan fingerprint density at radius 3 is 2.93 bits per heavy atom. The summed E-state index contributed by atoms with van der Waals surface area (Å²) < 4.78 is 0. The van der Waals surface area contributed by atoms with Crippen LogP contribution in [0.4, 0.5) is 5.13 Å². The lowest BCUT2D eigenvalue weighted by Crippen LogP contribution is -2.36. The predicted octanol–water partition coefficient (Wildman–Crippen LogP) is 1.97. The highest BCUT2D eigenvalue weighted by Gasteiger charge is 2.21. The zero-order chi connectivity index (χ0) is 10.8. The summed E-state index contributed by atoms with van der Waals surface area (Å²) in [4.78, 5) is 8.18. The quantitative estimate of drug-likeness (QED) is 0.837. The molecule has 15 heavy (non-hydrogen) atoms. The minimum Gasteiger partial charge on any atom is -0.396 e. The Morgan fingerprint density at radius 1 is 1.53 bits per heavy atom. The van der Waals surface area contributed by atoms with Crippen molar-refractivity contribution < 1.29 is 5.11 Å². The average Bonchev–Trinajstić information content (AvgIpc) is 2.59. The molecule has 0 bridgehead atoms. The number of anilines is 1. The first-order valence-corrected chi connectivity index (χ1v) is 6.32. The maximum absolute atomic E-state index is 9.17. The fraction of sp³-hybridized carbons (Fsp3) is 0.727. The van der Waals surface area contributed by atoms with Crippen LogP contribution in [0.2, 0.25) is 0 Å². The Labute approximate surface area is 94.8 Å². The van der Waals surface area contributed by atoms with Crippen molar-refractivity contribution in [2.24, 2.45) is 5.92 Å². The molecule has 1 unspecified atom stereocenters. The second-order valence-corrected chi connectivity index (χ2v) is 5.46. The summed E-state index contributed by atoms with van der Waals surface area (Å²) in [7, 11) is 0. The first-order valence-electron chi connectivity index (χ1n) is 5.50. The van der Waals surface area contributed by atoms with Crippen molar-refractivity contribution in [3.8, 4) is 0 Å². The number of nitrogens with zero attached hydrogens (tertiary/aromatic N) is 2. The van der Waals surface area contributed by atoms with Gasteiger partial charge in [-0.3, -0.25) is 0 Å². The molecule has 0 radical (unpaired) electrons. The molecular weight excluding hydrogens is 208 g/mol. The van der Waals surface area contributed by atoms with Crippen LogP contribution in [-0.2, 0) is 0 Å². The second kappa shape index (κ2) is 4.49.